The topological polar surface area (TPSA) is 18.5 Å². The van der Waals surface area contributed by atoms with Gasteiger partial charge < -0.3 is 9.16 Å². The first-order chi connectivity index (χ1) is 6.54. The molecule has 0 atom stereocenters. The summed E-state index contributed by atoms with van der Waals surface area (Å²) in [5.41, 5.74) is 0. The van der Waals surface area contributed by atoms with E-state index in [0.29, 0.717) is 0 Å². The van der Waals surface area contributed by atoms with Gasteiger partial charge in [0.2, 0.25) is 0 Å². The van der Waals surface area contributed by atoms with Crippen LogP contribution in [0.5, 0.6) is 0 Å². The molecule has 0 N–H and O–H groups in total. The van der Waals surface area contributed by atoms with E-state index in [9.17, 15) is 0 Å². The molecule has 0 aliphatic rings. The molecule has 0 aliphatic heterocycles. The summed E-state index contributed by atoms with van der Waals surface area (Å²) in [7, 11) is 2.61. The van der Waals surface area contributed by atoms with Crippen molar-refractivity contribution >= 4 is 17.8 Å². The Hall–Kier alpha value is 0.354. The second-order valence-corrected chi connectivity index (χ2v) is 10.1. The summed E-state index contributed by atoms with van der Waals surface area (Å²) in [6, 6.07) is 1.48. The molecule has 2 nitrogen and oxygen atoms in total. The van der Waals surface area contributed by atoms with E-state index < -0.39 is 9.04 Å². The van der Waals surface area contributed by atoms with Crippen molar-refractivity contribution in [3.63, 3.8) is 0 Å². The van der Waals surface area contributed by atoms with E-state index >= 15 is 0 Å². The minimum absolute atomic E-state index is 0.269. The maximum Gasteiger partial charge on any atom is 0.170 e. The average Bonchev–Trinajstić information content (AvgIpc) is 2.13. The highest BCUT2D eigenvalue weighted by Crippen LogP contribution is 2.00. The molecule has 0 saturated carbocycles. The van der Waals surface area contributed by atoms with Gasteiger partial charge in [-0.25, -0.2) is 0 Å². The number of rotatable bonds is 6. The minimum atomic E-state index is -0.650. The Kier molecular flexibility index (Phi) is 16.0. The Labute approximate surface area is 93.3 Å². The van der Waals surface area contributed by atoms with E-state index in [1.807, 2.05) is 0 Å². The van der Waals surface area contributed by atoms with Crippen LogP contribution in [0, 0.1) is 0 Å². The van der Waals surface area contributed by atoms with Gasteiger partial charge in [-0.3, -0.25) is 0 Å². The summed E-state index contributed by atoms with van der Waals surface area (Å²) in [5.74, 6) is 0. The van der Waals surface area contributed by atoms with Crippen LogP contribution in [0.4, 0.5) is 0 Å². The zero-order valence-electron chi connectivity index (χ0n) is 10.8. The van der Waals surface area contributed by atoms with Crippen molar-refractivity contribution < 1.29 is 9.16 Å². The summed E-state index contributed by atoms with van der Waals surface area (Å²) < 4.78 is 9.83. The lowest BCUT2D eigenvalue weighted by molar-refractivity contribution is 0.194. The van der Waals surface area contributed by atoms with Crippen LogP contribution in [0.2, 0.25) is 32.2 Å². The predicted molar refractivity (Wildman–Crippen MR) is 70.7 cm³/mol. The fourth-order valence-corrected chi connectivity index (χ4v) is 1.90. The van der Waals surface area contributed by atoms with Gasteiger partial charge in [-0.15, -0.1) is 0 Å². The van der Waals surface area contributed by atoms with E-state index in [1.54, 1.807) is 14.2 Å². The third kappa shape index (κ3) is 22.8. The molecule has 0 radical (unpaired) electrons. The molecule has 0 bridgehead atoms. The number of methoxy groups -OCH3 is 1. The molecule has 0 fully saturated rings. The van der Waals surface area contributed by atoms with Crippen LogP contribution >= 0.6 is 0 Å². The SMILES string of the molecule is COCCCC[SiH](C)C.CO[SiH](C)C. The molecule has 0 aromatic heterocycles. The maximum absolute atomic E-state index is 4.94. The minimum Gasteiger partial charge on any atom is -0.424 e. The third-order valence-corrected chi connectivity index (χ3v) is 4.36. The Morgan fingerprint density at radius 1 is 0.929 bits per heavy atom. The zero-order chi connectivity index (χ0) is 11.4. The van der Waals surface area contributed by atoms with Gasteiger partial charge in [0, 0.05) is 29.6 Å². The Bertz CT molecular complexity index is 98.1. The summed E-state index contributed by atoms with van der Waals surface area (Å²) in [6.45, 7) is 10.0. The van der Waals surface area contributed by atoms with E-state index in [2.05, 4.69) is 26.2 Å². The van der Waals surface area contributed by atoms with Crippen LogP contribution in [0.15, 0.2) is 0 Å². The molecule has 0 rings (SSSR count). The molecule has 0 aromatic carbocycles. The first kappa shape index (κ1) is 16.8. The van der Waals surface area contributed by atoms with E-state index in [4.69, 9.17) is 9.16 Å². The van der Waals surface area contributed by atoms with E-state index in [1.165, 1.54) is 18.9 Å². The van der Waals surface area contributed by atoms with E-state index in [-0.39, 0.29) is 8.80 Å². The van der Waals surface area contributed by atoms with Crippen molar-refractivity contribution in [1.82, 2.24) is 0 Å². The van der Waals surface area contributed by atoms with Crippen molar-refractivity contribution in [3.8, 4) is 0 Å². The second-order valence-electron chi connectivity index (χ2n) is 4.17. The van der Waals surface area contributed by atoms with Gasteiger partial charge in [0.25, 0.3) is 0 Å². The first-order valence-electron chi connectivity index (χ1n) is 5.56. The first-order valence-corrected chi connectivity index (χ1v) is 11.5. The Morgan fingerprint density at radius 3 is 1.71 bits per heavy atom. The Balaban J connectivity index is 0. The lowest BCUT2D eigenvalue weighted by atomic mass is 10.4. The second kappa shape index (κ2) is 13.4. The summed E-state index contributed by atoms with van der Waals surface area (Å²) in [6.07, 6.45) is 2.62. The summed E-state index contributed by atoms with van der Waals surface area (Å²) >= 11 is 0. The molecule has 14 heavy (non-hydrogen) atoms. The predicted octanol–water partition coefficient (Wildman–Crippen LogP) is 2.52. The number of hydrogen-bond donors (Lipinski definition) is 0. The highest BCUT2D eigenvalue weighted by Gasteiger charge is 1.93. The molecular weight excluding hydrogens is 208 g/mol. The molecule has 0 unspecified atom stereocenters. The number of hydrogen-bond acceptors (Lipinski definition) is 2. The molecule has 0 saturated heterocycles. The van der Waals surface area contributed by atoms with Crippen LogP contribution in [0.1, 0.15) is 12.8 Å². The van der Waals surface area contributed by atoms with Crippen molar-refractivity contribution in [3.05, 3.63) is 0 Å². The molecule has 4 heteroatoms. The smallest absolute Gasteiger partial charge is 0.170 e. The zero-order valence-corrected chi connectivity index (χ0v) is 13.1. The van der Waals surface area contributed by atoms with E-state index in [0.717, 1.165) is 6.61 Å². The number of ether oxygens (including phenoxy) is 1. The fraction of sp³-hybridized carbons (Fsp3) is 1.00. The Morgan fingerprint density at radius 2 is 1.43 bits per heavy atom. The van der Waals surface area contributed by atoms with Gasteiger partial charge in [0.1, 0.15) is 0 Å². The highest BCUT2D eigenvalue weighted by atomic mass is 28.3. The largest absolute Gasteiger partial charge is 0.424 e. The van der Waals surface area contributed by atoms with Crippen LogP contribution < -0.4 is 0 Å². The van der Waals surface area contributed by atoms with Crippen LogP contribution in [-0.2, 0) is 9.16 Å². The van der Waals surface area contributed by atoms with Crippen molar-refractivity contribution in [1.29, 1.82) is 0 Å². The highest BCUT2D eigenvalue weighted by molar-refractivity contribution is 6.55. The molecule has 0 heterocycles. The van der Waals surface area contributed by atoms with Crippen molar-refractivity contribution in [2.45, 2.75) is 45.1 Å². The molecule has 0 aromatic rings. The summed E-state index contributed by atoms with van der Waals surface area (Å²) in [4.78, 5) is 0. The normalized spacial score (nSPS) is 10.3. The lowest BCUT2D eigenvalue weighted by Crippen LogP contribution is -2.00. The van der Waals surface area contributed by atoms with Gasteiger partial charge in [0.15, 0.2) is 9.04 Å². The fourth-order valence-electron chi connectivity index (χ4n) is 0.799. The van der Waals surface area contributed by atoms with Gasteiger partial charge in [-0.1, -0.05) is 25.6 Å². The molecule has 0 aliphatic carbocycles. The van der Waals surface area contributed by atoms with Crippen LogP contribution in [-0.4, -0.2) is 38.7 Å². The standard InChI is InChI=1S/C7H18OSi.C3H10OSi/c1-8-6-4-5-7-9(2)3;1-4-5(2)3/h9H,4-7H2,1-3H3;5H,1-3H3. The lowest BCUT2D eigenvalue weighted by Gasteiger charge is -2.00. The van der Waals surface area contributed by atoms with Crippen molar-refractivity contribution in [2.24, 2.45) is 0 Å². The summed E-state index contributed by atoms with van der Waals surface area (Å²) in [5, 5.41) is 0. The maximum atomic E-state index is 4.94. The van der Waals surface area contributed by atoms with Gasteiger partial charge >= 0.3 is 0 Å². The molecule has 88 valence electrons. The van der Waals surface area contributed by atoms with Gasteiger partial charge in [-0.05, 0) is 19.5 Å². The van der Waals surface area contributed by atoms with Crippen LogP contribution in [0.3, 0.4) is 0 Å². The third-order valence-electron chi connectivity index (χ3n) is 1.85. The van der Waals surface area contributed by atoms with Gasteiger partial charge in [0.05, 0.1) is 0 Å². The van der Waals surface area contributed by atoms with Crippen molar-refractivity contribution in [2.75, 3.05) is 20.8 Å². The van der Waals surface area contributed by atoms with Gasteiger partial charge in [-0.2, -0.15) is 0 Å². The monoisotopic (exact) mass is 236 g/mol. The molecular formula is C10H28O2Si2. The molecule has 0 spiro atoms. The number of unbranched alkanes of at least 4 members (excludes halogenated alkanes) is 1. The molecule has 0 amide bonds. The average molecular weight is 237 g/mol. The van der Waals surface area contributed by atoms with Crippen LogP contribution in [0.25, 0.3) is 0 Å². The quantitative estimate of drug-likeness (QED) is 0.521.